The van der Waals surface area contributed by atoms with Gasteiger partial charge in [0.25, 0.3) is 11.6 Å². The number of carbonyl (C=O) groups is 1. The van der Waals surface area contributed by atoms with E-state index < -0.39 is 10.8 Å². The quantitative estimate of drug-likeness (QED) is 0.369. The second-order valence-electron chi connectivity index (χ2n) is 5.35. The molecule has 2 aromatic heterocycles. The molecule has 0 aliphatic carbocycles. The summed E-state index contributed by atoms with van der Waals surface area (Å²) in [5.74, 6) is -0.525. The summed E-state index contributed by atoms with van der Waals surface area (Å²) in [6.45, 7) is 3.19. The van der Waals surface area contributed by atoms with Crippen LogP contribution in [-0.4, -0.2) is 41.8 Å². The van der Waals surface area contributed by atoms with Crippen molar-refractivity contribution < 1.29 is 14.3 Å². The van der Waals surface area contributed by atoms with E-state index in [0.29, 0.717) is 17.0 Å². The van der Waals surface area contributed by atoms with Crippen LogP contribution in [0.3, 0.4) is 0 Å². The monoisotopic (exact) mass is 371 g/mol. The van der Waals surface area contributed by atoms with Gasteiger partial charge in [0.05, 0.1) is 16.3 Å². The maximum atomic E-state index is 12.3. The summed E-state index contributed by atoms with van der Waals surface area (Å²) in [4.78, 5) is 22.6. The molecule has 13 heteroatoms. The number of nitro groups is 1. The fraction of sp³-hybridized carbons (Fsp3) is 0.143. The molecule has 0 spiro atoms. The first-order valence-corrected chi connectivity index (χ1v) is 7.48. The smallest absolute Gasteiger partial charge is 0.293 e. The largest absolute Gasteiger partial charge is 0.378 e. The summed E-state index contributed by atoms with van der Waals surface area (Å²) >= 11 is 0. The second kappa shape index (κ2) is 6.99. The Morgan fingerprint density at radius 2 is 2.19 bits per heavy atom. The molecule has 0 saturated carbocycles. The molecule has 3 N–H and O–H groups in total. The minimum atomic E-state index is -0.626. The van der Waals surface area contributed by atoms with Crippen molar-refractivity contribution in [3.05, 3.63) is 51.3 Å². The molecule has 0 unspecified atom stereocenters. The maximum absolute atomic E-state index is 12.3. The van der Waals surface area contributed by atoms with Gasteiger partial charge in [-0.15, -0.1) is 5.10 Å². The molecule has 0 fully saturated rings. The van der Waals surface area contributed by atoms with Gasteiger partial charge < -0.3 is 5.73 Å². The van der Waals surface area contributed by atoms with Gasteiger partial charge in [-0.25, -0.2) is 10.1 Å². The molecule has 0 saturated heterocycles. The Labute approximate surface area is 151 Å². The molecule has 0 aliphatic rings. The highest BCUT2D eigenvalue weighted by Crippen LogP contribution is 2.15. The Morgan fingerprint density at radius 3 is 2.85 bits per heavy atom. The number of nitrogens with two attached hydrogens (primary N) is 1. The molecule has 27 heavy (non-hydrogen) atoms. The van der Waals surface area contributed by atoms with E-state index in [4.69, 9.17) is 5.73 Å². The van der Waals surface area contributed by atoms with Crippen LogP contribution in [-0.2, 0) is 0 Å². The average molecular weight is 371 g/mol. The zero-order chi connectivity index (χ0) is 19.6. The zero-order valence-electron chi connectivity index (χ0n) is 14.2. The molecule has 0 radical (unpaired) electrons. The van der Waals surface area contributed by atoms with Gasteiger partial charge in [0.15, 0.2) is 5.69 Å². The average Bonchev–Trinajstić information content (AvgIpc) is 3.24. The second-order valence-corrected chi connectivity index (χ2v) is 5.35. The first kappa shape index (κ1) is 17.7. The molecule has 138 valence electrons. The number of amides is 1. The molecule has 3 aromatic rings. The van der Waals surface area contributed by atoms with Crippen molar-refractivity contribution in [2.24, 2.45) is 5.10 Å². The molecule has 3 rings (SSSR count). The molecule has 13 nitrogen and oxygen atoms in total. The number of hydrogen-bond acceptors (Lipinski definition) is 10. The van der Waals surface area contributed by atoms with Crippen molar-refractivity contribution in [3.63, 3.8) is 0 Å². The highest BCUT2D eigenvalue weighted by Gasteiger charge is 2.20. The topological polar surface area (TPSA) is 180 Å². The van der Waals surface area contributed by atoms with E-state index in [-0.39, 0.29) is 23.0 Å². The Bertz CT molecular complexity index is 1050. The lowest BCUT2D eigenvalue weighted by atomic mass is 10.1. The predicted octanol–water partition coefficient (Wildman–Crippen LogP) is 0.603. The number of nitrogen functional groups attached to an aromatic ring is 1. The lowest BCUT2D eigenvalue weighted by Crippen LogP contribution is -2.21. The van der Waals surface area contributed by atoms with Crippen LogP contribution in [0.15, 0.2) is 34.0 Å². The third-order valence-electron chi connectivity index (χ3n) is 3.61. The van der Waals surface area contributed by atoms with Crippen molar-refractivity contribution in [3.8, 4) is 5.82 Å². The first-order chi connectivity index (χ1) is 12.9. The molecule has 0 atom stereocenters. The van der Waals surface area contributed by atoms with Crippen LogP contribution in [0.4, 0.5) is 11.5 Å². The third-order valence-corrected chi connectivity index (χ3v) is 3.61. The van der Waals surface area contributed by atoms with Crippen molar-refractivity contribution in [1.29, 1.82) is 0 Å². The van der Waals surface area contributed by atoms with E-state index in [1.807, 2.05) is 0 Å². The number of carbonyl (C=O) groups excluding carboxylic acids is 1. The number of nitro benzene ring substituents is 1. The van der Waals surface area contributed by atoms with Crippen LogP contribution >= 0.6 is 0 Å². The number of nitrogens with zero attached hydrogens (tertiary/aromatic N) is 7. The maximum Gasteiger partial charge on any atom is 0.293 e. The van der Waals surface area contributed by atoms with E-state index in [0.717, 1.165) is 0 Å². The van der Waals surface area contributed by atoms with Crippen LogP contribution in [0, 0.1) is 17.0 Å². The van der Waals surface area contributed by atoms with E-state index in [9.17, 15) is 14.9 Å². The van der Waals surface area contributed by atoms with Crippen LogP contribution in [0.1, 0.15) is 28.7 Å². The van der Waals surface area contributed by atoms with Crippen molar-refractivity contribution in [2.75, 3.05) is 5.73 Å². The van der Waals surface area contributed by atoms with Crippen LogP contribution in [0.2, 0.25) is 0 Å². The summed E-state index contributed by atoms with van der Waals surface area (Å²) in [7, 11) is 0. The van der Waals surface area contributed by atoms with Crippen molar-refractivity contribution in [2.45, 2.75) is 13.8 Å². The first-order valence-electron chi connectivity index (χ1n) is 7.48. The Morgan fingerprint density at radius 1 is 1.41 bits per heavy atom. The number of hydrogen-bond donors (Lipinski definition) is 2. The molecular formula is C14H13N9O4. The van der Waals surface area contributed by atoms with Crippen LogP contribution < -0.4 is 11.2 Å². The number of benzene rings is 1. The SMILES string of the molecule is C/C(=N/NC(=O)c1nnn(-c2nonc2N)c1C)c1cccc([N+](=O)[O-])c1. The van der Waals surface area contributed by atoms with Gasteiger partial charge in [0.2, 0.25) is 11.6 Å². The van der Waals surface area contributed by atoms with E-state index in [1.54, 1.807) is 19.9 Å². The van der Waals surface area contributed by atoms with Gasteiger partial charge in [0, 0.05) is 17.7 Å². The zero-order valence-corrected chi connectivity index (χ0v) is 14.2. The number of rotatable bonds is 5. The third kappa shape index (κ3) is 3.46. The summed E-state index contributed by atoms with van der Waals surface area (Å²) in [5, 5.41) is 29.4. The van der Waals surface area contributed by atoms with Gasteiger partial charge in [-0.2, -0.15) is 9.78 Å². The summed E-state index contributed by atoms with van der Waals surface area (Å²) in [5.41, 5.74) is 9.06. The van der Waals surface area contributed by atoms with Gasteiger partial charge in [-0.1, -0.05) is 17.3 Å². The number of hydrazone groups is 1. The molecule has 1 amide bonds. The molecule has 2 heterocycles. The minimum absolute atomic E-state index is 0.00510. The highest BCUT2D eigenvalue weighted by molar-refractivity contribution is 6.01. The number of non-ortho nitro benzene ring substituents is 1. The normalized spacial score (nSPS) is 11.4. The number of anilines is 1. The van der Waals surface area contributed by atoms with Gasteiger partial charge in [-0.05, 0) is 24.2 Å². The van der Waals surface area contributed by atoms with Crippen LogP contribution in [0.5, 0.6) is 0 Å². The Balaban J connectivity index is 1.79. The van der Waals surface area contributed by atoms with Crippen molar-refractivity contribution >= 4 is 23.1 Å². The fourth-order valence-corrected chi connectivity index (χ4v) is 2.17. The fourth-order valence-electron chi connectivity index (χ4n) is 2.17. The molecule has 0 aliphatic heterocycles. The lowest BCUT2D eigenvalue weighted by molar-refractivity contribution is -0.384. The Hall–Kier alpha value is -4.16. The van der Waals surface area contributed by atoms with Gasteiger partial charge in [0.1, 0.15) is 0 Å². The van der Waals surface area contributed by atoms with E-state index in [1.165, 1.54) is 22.9 Å². The standard InChI is InChI=1S/C14H13N9O4/c1-7(9-4-3-5-10(6-9)23(25)26)16-18-14(24)11-8(2)22(21-17-11)13-12(15)19-27-20-13/h3-6H,1-2H3,(H2,15,19)(H,18,24)/b16-7-. The van der Waals surface area contributed by atoms with E-state index >= 15 is 0 Å². The summed E-state index contributed by atoms with van der Waals surface area (Å²) in [6.07, 6.45) is 0. The number of nitrogens with one attached hydrogen (secondary N) is 1. The Kier molecular flexibility index (Phi) is 4.57. The lowest BCUT2D eigenvalue weighted by Gasteiger charge is -2.02. The van der Waals surface area contributed by atoms with Crippen LogP contribution in [0.25, 0.3) is 5.82 Å². The number of aromatic nitrogens is 5. The highest BCUT2D eigenvalue weighted by atomic mass is 16.6. The van der Waals surface area contributed by atoms with Crippen molar-refractivity contribution in [1.82, 2.24) is 30.7 Å². The molecular weight excluding hydrogens is 358 g/mol. The minimum Gasteiger partial charge on any atom is -0.378 e. The predicted molar refractivity (Wildman–Crippen MR) is 91.1 cm³/mol. The summed E-state index contributed by atoms with van der Waals surface area (Å²) in [6, 6.07) is 5.88. The summed E-state index contributed by atoms with van der Waals surface area (Å²) < 4.78 is 5.70. The van der Waals surface area contributed by atoms with Gasteiger partial charge in [-0.3, -0.25) is 14.9 Å². The molecule has 0 bridgehead atoms. The van der Waals surface area contributed by atoms with Gasteiger partial charge >= 0.3 is 0 Å². The van der Waals surface area contributed by atoms with E-state index in [2.05, 4.69) is 35.8 Å². The molecule has 1 aromatic carbocycles.